The van der Waals surface area contributed by atoms with Crippen molar-refractivity contribution in [1.82, 2.24) is 9.71 Å². The lowest BCUT2D eigenvalue weighted by Gasteiger charge is -2.11. The van der Waals surface area contributed by atoms with Crippen LogP contribution in [0.1, 0.15) is 21.0 Å². The van der Waals surface area contributed by atoms with Crippen LogP contribution in [0.2, 0.25) is 0 Å². The van der Waals surface area contributed by atoms with Gasteiger partial charge < -0.3 is 5.11 Å². The van der Waals surface area contributed by atoms with Crippen molar-refractivity contribution in [3.8, 4) is 0 Å². The number of hydrogen-bond acceptors (Lipinski definition) is 5. The van der Waals surface area contributed by atoms with Gasteiger partial charge in [0.05, 0.1) is 18.0 Å². The van der Waals surface area contributed by atoms with Gasteiger partial charge >= 0.3 is 0 Å². The molecule has 0 aliphatic heterocycles. The van der Waals surface area contributed by atoms with E-state index >= 15 is 0 Å². The summed E-state index contributed by atoms with van der Waals surface area (Å²) in [4.78, 5) is 5.35. The highest BCUT2D eigenvalue weighted by atomic mass is 32.2. The Kier molecular flexibility index (Phi) is 4.54. The summed E-state index contributed by atoms with van der Waals surface area (Å²) in [7, 11) is -3.61. The van der Waals surface area contributed by atoms with E-state index < -0.39 is 10.0 Å². The lowest BCUT2D eigenvalue weighted by molar-refractivity contribution is 0.280. The molecule has 0 spiro atoms. The highest BCUT2D eigenvalue weighted by Crippen LogP contribution is 2.19. The maximum atomic E-state index is 12.3. The monoisotopic (exact) mass is 312 g/mol. The van der Waals surface area contributed by atoms with Crippen molar-refractivity contribution < 1.29 is 13.5 Å². The molecule has 0 saturated carbocycles. The number of nitrogens with one attached hydrogen (secondary N) is 1. The van der Waals surface area contributed by atoms with Gasteiger partial charge in [0.15, 0.2) is 0 Å². The molecule has 0 aliphatic rings. The first-order valence-electron chi connectivity index (χ1n) is 6.04. The molecular weight excluding hydrogens is 296 g/mol. The molecule has 1 heterocycles. The minimum atomic E-state index is -3.61. The maximum Gasteiger partial charge on any atom is 0.241 e. The molecule has 2 N–H and O–H groups in total. The Morgan fingerprint density at radius 1 is 1.35 bits per heavy atom. The number of sulfonamides is 1. The number of hydrogen-bond donors (Lipinski definition) is 2. The van der Waals surface area contributed by atoms with Crippen LogP contribution in [0.5, 0.6) is 0 Å². The number of rotatable bonds is 5. The predicted octanol–water partition coefficient (Wildman–Crippen LogP) is 1.73. The Bertz CT molecular complexity index is 708. The molecule has 20 heavy (non-hydrogen) atoms. The summed E-state index contributed by atoms with van der Waals surface area (Å²) in [5.41, 5.74) is 1.18. The molecule has 2 aromatic rings. The first-order chi connectivity index (χ1) is 9.44. The Labute approximate surface area is 122 Å². The van der Waals surface area contributed by atoms with Crippen molar-refractivity contribution in [3.05, 3.63) is 45.4 Å². The number of aliphatic hydroxyl groups is 1. The number of aromatic nitrogens is 1. The molecule has 5 nitrogen and oxygen atoms in total. The third-order valence-electron chi connectivity index (χ3n) is 2.94. The Morgan fingerprint density at radius 3 is 2.70 bits per heavy atom. The van der Waals surface area contributed by atoms with Crippen molar-refractivity contribution in [1.29, 1.82) is 0 Å². The van der Waals surface area contributed by atoms with Crippen LogP contribution >= 0.6 is 11.3 Å². The van der Waals surface area contributed by atoms with Crippen LogP contribution in [0, 0.1) is 13.8 Å². The van der Waals surface area contributed by atoms with Crippen molar-refractivity contribution >= 4 is 21.4 Å². The lowest BCUT2D eigenvalue weighted by Crippen LogP contribution is -2.24. The molecule has 0 unspecified atom stereocenters. The Morgan fingerprint density at radius 2 is 2.10 bits per heavy atom. The largest absolute Gasteiger partial charge is 0.392 e. The molecule has 0 bridgehead atoms. The first kappa shape index (κ1) is 15.1. The van der Waals surface area contributed by atoms with Crippen LogP contribution in [-0.4, -0.2) is 18.5 Å². The summed E-state index contributed by atoms with van der Waals surface area (Å²) in [6.07, 6.45) is 1.71. The quantitative estimate of drug-likeness (QED) is 0.881. The SMILES string of the molecule is Cc1cnc(CNS(=O)(=O)c2cccc(CO)c2C)s1. The zero-order valence-electron chi connectivity index (χ0n) is 11.3. The van der Waals surface area contributed by atoms with E-state index in [1.807, 2.05) is 6.92 Å². The Balaban J connectivity index is 2.22. The number of nitrogens with zero attached hydrogens (tertiary/aromatic N) is 1. The van der Waals surface area contributed by atoms with Gasteiger partial charge in [0.1, 0.15) is 5.01 Å². The van der Waals surface area contributed by atoms with E-state index in [9.17, 15) is 13.5 Å². The van der Waals surface area contributed by atoms with Crippen molar-refractivity contribution in [2.45, 2.75) is 31.9 Å². The normalized spacial score (nSPS) is 11.8. The molecule has 7 heteroatoms. The predicted molar refractivity (Wildman–Crippen MR) is 78.0 cm³/mol. The van der Waals surface area contributed by atoms with Gasteiger partial charge in [-0.25, -0.2) is 18.1 Å². The summed E-state index contributed by atoms with van der Waals surface area (Å²) in [5, 5.41) is 9.92. The van der Waals surface area contributed by atoms with Crippen LogP contribution in [0.15, 0.2) is 29.3 Å². The van der Waals surface area contributed by atoms with Crippen molar-refractivity contribution in [2.75, 3.05) is 0 Å². The summed E-state index contributed by atoms with van der Waals surface area (Å²) in [6, 6.07) is 4.86. The maximum absolute atomic E-state index is 12.3. The molecule has 2 rings (SSSR count). The Hall–Kier alpha value is -1.28. The van der Waals surface area contributed by atoms with Gasteiger partial charge in [0, 0.05) is 11.1 Å². The molecule has 0 amide bonds. The summed E-state index contributed by atoms with van der Waals surface area (Å²) in [6.45, 7) is 3.60. The number of aryl methyl sites for hydroxylation is 1. The molecular formula is C13H16N2O3S2. The molecule has 108 valence electrons. The van der Waals surface area contributed by atoms with E-state index in [1.165, 1.54) is 17.4 Å². The van der Waals surface area contributed by atoms with Gasteiger partial charge in [-0.15, -0.1) is 11.3 Å². The smallest absolute Gasteiger partial charge is 0.241 e. The van der Waals surface area contributed by atoms with Gasteiger partial charge in [-0.3, -0.25) is 0 Å². The minimum absolute atomic E-state index is 0.170. The van der Waals surface area contributed by atoms with E-state index in [1.54, 1.807) is 25.3 Å². The second-order valence-corrected chi connectivity index (χ2v) is 7.44. The van der Waals surface area contributed by atoms with Crippen molar-refractivity contribution in [3.63, 3.8) is 0 Å². The fourth-order valence-corrected chi connectivity index (χ4v) is 3.93. The highest BCUT2D eigenvalue weighted by molar-refractivity contribution is 7.89. The molecule has 0 atom stereocenters. The van der Waals surface area contributed by atoms with Gasteiger partial charge in [0.25, 0.3) is 0 Å². The van der Waals surface area contributed by atoms with Crippen LogP contribution in [0.4, 0.5) is 0 Å². The average Bonchev–Trinajstić information content (AvgIpc) is 2.82. The fraction of sp³-hybridized carbons (Fsp3) is 0.308. The van der Waals surface area contributed by atoms with E-state index in [0.717, 1.165) is 9.88 Å². The second kappa shape index (κ2) is 6.01. The molecule has 0 fully saturated rings. The first-order valence-corrected chi connectivity index (χ1v) is 8.34. The van der Waals surface area contributed by atoms with Crippen LogP contribution in [-0.2, 0) is 23.2 Å². The lowest BCUT2D eigenvalue weighted by atomic mass is 10.1. The summed E-state index contributed by atoms with van der Waals surface area (Å²) in [5.74, 6) is 0. The zero-order valence-corrected chi connectivity index (χ0v) is 12.9. The molecule has 0 saturated heterocycles. The number of thiazole rings is 1. The van der Waals surface area contributed by atoms with E-state index in [2.05, 4.69) is 9.71 Å². The van der Waals surface area contributed by atoms with E-state index in [-0.39, 0.29) is 18.0 Å². The van der Waals surface area contributed by atoms with Gasteiger partial charge in [0.2, 0.25) is 10.0 Å². The van der Waals surface area contributed by atoms with E-state index in [4.69, 9.17) is 0 Å². The second-order valence-electron chi connectivity index (χ2n) is 4.39. The third kappa shape index (κ3) is 3.24. The highest BCUT2D eigenvalue weighted by Gasteiger charge is 2.18. The summed E-state index contributed by atoms with van der Waals surface area (Å²) >= 11 is 1.46. The van der Waals surface area contributed by atoms with Gasteiger partial charge in [-0.2, -0.15) is 0 Å². The molecule has 0 aliphatic carbocycles. The van der Waals surface area contributed by atoms with E-state index in [0.29, 0.717) is 11.1 Å². The third-order valence-corrected chi connectivity index (χ3v) is 5.40. The zero-order chi connectivity index (χ0) is 14.8. The van der Waals surface area contributed by atoms with Gasteiger partial charge in [-0.05, 0) is 31.0 Å². The number of aliphatic hydroxyl groups excluding tert-OH is 1. The number of benzene rings is 1. The topological polar surface area (TPSA) is 79.3 Å². The molecule has 1 aromatic heterocycles. The summed E-state index contributed by atoms with van der Waals surface area (Å²) < 4.78 is 27.1. The van der Waals surface area contributed by atoms with Crippen LogP contribution < -0.4 is 4.72 Å². The molecule has 1 aromatic carbocycles. The minimum Gasteiger partial charge on any atom is -0.392 e. The van der Waals surface area contributed by atoms with Gasteiger partial charge in [-0.1, -0.05) is 12.1 Å². The standard InChI is InChI=1S/C13H16N2O3S2/c1-9-6-14-13(19-9)7-15-20(17,18)12-5-3-4-11(8-16)10(12)2/h3-6,15-16H,7-8H2,1-2H3. The molecule has 0 radical (unpaired) electrons. The van der Waals surface area contributed by atoms with Crippen LogP contribution in [0.25, 0.3) is 0 Å². The van der Waals surface area contributed by atoms with Crippen LogP contribution in [0.3, 0.4) is 0 Å². The fourth-order valence-electron chi connectivity index (χ4n) is 1.84. The average molecular weight is 312 g/mol. The van der Waals surface area contributed by atoms with Crippen molar-refractivity contribution in [2.24, 2.45) is 0 Å².